The second kappa shape index (κ2) is 7.33. The van der Waals surface area contributed by atoms with Gasteiger partial charge in [0.05, 0.1) is 6.54 Å². The van der Waals surface area contributed by atoms with Crippen LogP contribution in [0.1, 0.15) is 11.1 Å². The molecule has 0 saturated heterocycles. The Morgan fingerprint density at radius 3 is 2.45 bits per heavy atom. The van der Waals surface area contributed by atoms with E-state index in [1.165, 1.54) is 22.5 Å². The Labute approximate surface area is 128 Å². The number of rotatable bonds is 4. The quantitative estimate of drug-likeness (QED) is 0.910. The highest BCUT2D eigenvalue weighted by Crippen LogP contribution is 2.27. The van der Waals surface area contributed by atoms with Crippen LogP contribution < -0.4 is 10.6 Å². The van der Waals surface area contributed by atoms with Gasteiger partial charge in [-0.15, -0.1) is 22.6 Å². The number of anilines is 1. The Bertz CT molecular complexity index is 580. The van der Waals surface area contributed by atoms with Crippen molar-refractivity contribution in [1.82, 2.24) is 15.5 Å². The van der Waals surface area contributed by atoms with Gasteiger partial charge in [-0.05, 0) is 33.0 Å². The van der Waals surface area contributed by atoms with E-state index in [1.807, 2.05) is 13.8 Å². The van der Waals surface area contributed by atoms with Crippen LogP contribution in [0.4, 0.5) is 5.13 Å². The molecule has 108 valence electrons. The summed E-state index contributed by atoms with van der Waals surface area (Å²) in [7, 11) is 1.72. The van der Waals surface area contributed by atoms with Crippen molar-refractivity contribution in [1.29, 1.82) is 0 Å². The molecule has 1 amide bonds. The molecule has 0 aliphatic carbocycles. The average Bonchev–Trinajstić information content (AvgIpc) is 2.76. The van der Waals surface area contributed by atoms with Crippen molar-refractivity contribution in [2.45, 2.75) is 13.8 Å². The third-order valence-electron chi connectivity index (χ3n) is 2.48. The first-order chi connectivity index (χ1) is 9.08. The highest BCUT2D eigenvalue weighted by atomic mass is 35.5. The molecule has 0 radical (unpaired) electrons. The number of nitrogens with zero attached hydrogens (tertiary/aromatic N) is 2. The summed E-state index contributed by atoms with van der Waals surface area (Å²) in [6.07, 6.45) is 0. The smallest absolute Gasteiger partial charge is 0.240 e. The maximum Gasteiger partial charge on any atom is 0.240 e. The van der Waals surface area contributed by atoms with Crippen LogP contribution in [-0.4, -0.2) is 29.7 Å². The molecule has 2 aromatic rings. The number of hydrogen-bond acceptors (Lipinski definition) is 5. The SMILES string of the molecule is CNCC(=O)Nc1nnc(-c2cc(C)cc(C)c2)s1.Cl. The number of amides is 1. The maximum atomic E-state index is 11.4. The fourth-order valence-corrected chi connectivity index (χ4v) is 2.56. The van der Waals surface area contributed by atoms with Gasteiger partial charge in [-0.3, -0.25) is 10.1 Å². The highest BCUT2D eigenvalue weighted by molar-refractivity contribution is 7.18. The molecule has 0 atom stereocenters. The van der Waals surface area contributed by atoms with E-state index in [0.29, 0.717) is 5.13 Å². The number of aromatic nitrogens is 2. The Morgan fingerprint density at radius 2 is 1.85 bits per heavy atom. The normalized spacial score (nSPS) is 9.95. The van der Waals surface area contributed by atoms with E-state index in [1.54, 1.807) is 7.05 Å². The zero-order valence-electron chi connectivity index (χ0n) is 11.6. The number of hydrogen-bond donors (Lipinski definition) is 2. The zero-order valence-corrected chi connectivity index (χ0v) is 13.2. The zero-order chi connectivity index (χ0) is 13.8. The third kappa shape index (κ3) is 4.26. The molecular weight excluding hydrogens is 296 g/mol. The van der Waals surface area contributed by atoms with Gasteiger partial charge in [0.25, 0.3) is 0 Å². The third-order valence-corrected chi connectivity index (χ3v) is 3.37. The lowest BCUT2D eigenvalue weighted by molar-refractivity contribution is -0.115. The van der Waals surface area contributed by atoms with Crippen molar-refractivity contribution < 1.29 is 4.79 Å². The Balaban J connectivity index is 0.00000200. The molecular formula is C13H17ClN4OS. The first-order valence-corrected chi connectivity index (χ1v) is 6.77. The van der Waals surface area contributed by atoms with Crippen LogP contribution in [0, 0.1) is 13.8 Å². The predicted molar refractivity (Wildman–Crippen MR) is 84.6 cm³/mol. The second-order valence-corrected chi connectivity index (χ2v) is 5.34. The topological polar surface area (TPSA) is 66.9 Å². The molecule has 0 aliphatic heterocycles. The highest BCUT2D eigenvalue weighted by Gasteiger charge is 2.09. The van der Waals surface area contributed by atoms with Crippen molar-refractivity contribution in [3.63, 3.8) is 0 Å². The molecule has 7 heteroatoms. The molecule has 5 nitrogen and oxygen atoms in total. The predicted octanol–water partition coefficient (Wildman–Crippen LogP) is 2.40. The molecule has 2 rings (SSSR count). The molecule has 0 fully saturated rings. The van der Waals surface area contributed by atoms with Gasteiger partial charge < -0.3 is 5.32 Å². The monoisotopic (exact) mass is 312 g/mol. The van der Waals surface area contributed by atoms with Crippen molar-refractivity contribution >= 4 is 34.8 Å². The average molecular weight is 313 g/mol. The maximum absolute atomic E-state index is 11.4. The van der Waals surface area contributed by atoms with E-state index in [-0.39, 0.29) is 24.9 Å². The van der Waals surface area contributed by atoms with Crippen molar-refractivity contribution in [3.05, 3.63) is 29.3 Å². The van der Waals surface area contributed by atoms with Crippen LogP contribution in [0.15, 0.2) is 18.2 Å². The first-order valence-electron chi connectivity index (χ1n) is 5.95. The van der Waals surface area contributed by atoms with Crippen LogP contribution in [0.25, 0.3) is 10.6 Å². The minimum Gasteiger partial charge on any atom is -0.311 e. The summed E-state index contributed by atoms with van der Waals surface area (Å²) in [5.41, 5.74) is 3.40. The molecule has 0 bridgehead atoms. The van der Waals surface area contributed by atoms with Crippen molar-refractivity contribution in [2.75, 3.05) is 18.9 Å². The Morgan fingerprint density at radius 1 is 1.20 bits per heavy atom. The minimum atomic E-state index is -0.120. The van der Waals surface area contributed by atoms with Crippen LogP contribution in [0.5, 0.6) is 0 Å². The number of carbonyl (C=O) groups excluding carboxylic acids is 1. The molecule has 0 aliphatic rings. The molecule has 0 spiro atoms. The standard InChI is InChI=1S/C13H16N4OS.ClH/c1-8-4-9(2)6-10(5-8)12-16-17-13(19-12)15-11(18)7-14-3;/h4-6,14H,7H2,1-3H3,(H,15,17,18);1H. The number of likely N-dealkylation sites (N-methyl/N-ethyl adjacent to an activating group) is 1. The van der Waals surface area contributed by atoms with Gasteiger partial charge in [0.2, 0.25) is 11.0 Å². The summed E-state index contributed by atoms with van der Waals surface area (Å²) in [6, 6.07) is 6.24. The first kappa shape index (κ1) is 16.6. The molecule has 1 aromatic carbocycles. The van der Waals surface area contributed by atoms with E-state index in [2.05, 4.69) is 39.0 Å². The number of halogens is 1. The van der Waals surface area contributed by atoms with Gasteiger partial charge in [-0.1, -0.05) is 28.5 Å². The largest absolute Gasteiger partial charge is 0.311 e. The van der Waals surface area contributed by atoms with E-state index >= 15 is 0 Å². The molecule has 1 aromatic heterocycles. The Hall–Kier alpha value is -1.50. The summed E-state index contributed by atoms with van der Waals surface area (Å²) >= 11 is 1.38. The second-order valence-electron chi connectivity index (χ2n) is 4.37. The summed E-state index contributed by atoms with van der Waals surface area (Å²) in [4.78, 5) is 11.4. The van der Waals surface area contributed by atoms with E-state index in [0.717, 1.165) is 10.6 Å². The van der Waals surface area contributed by atoms with Crippen LogP contribution in [0.3, 0.4) is 0 Å². The molecule has 1 heterocycles. The number of carbonyl (C=O) groups is 1. The summed E-state index contributed by atoms with van der Waals surface area (Å²) in [5.74, 6) is -0.120. The van der Waals surface area contributed by atoms with Gasteiger partial charge in [0.15, 0.2) is 0 Å². The van der Waals surface area contributed by atoms with E-state index < -0.39 is 0 Å². The molecule has 0 saturated carbocycles. The van der Waals surface area contributed by atoms with Crippen LogP contribution >= 0.6 is 23.7 Å². The summed E-state index contributed by atoms with van der Waals surface area (Å²) < 4.78 is 0. The summed E-state index contributed by atoms with van der Waals surface area (Å²) in [6.45, 7) is 4.36. The van der Waals surface area contributed by atoms with Gasteiger partial charge >= 0.3 is 0 Å². The minimum absolute atomic E-state index is 0. The van der Waals surface area contributed by atoms with Gasteiger partial charge in [0, 0.05) is 5.56 Å². The van der Waals surface area contributed by atoms with E-state index in [9.17, 15) is 4.79 Å². The van der Waals surface area contributed by atoms with E-state index in [4.69, 9.17) is 0 Å². The van der Waals surface area contributed by atoms with Crippen molar-refractivity contribution in [3.8, 4) is 10.6 Å². The lowest BCUT2D eigenvalue weighted by Gasteiger charge is -2.00. The number of benzene rings is 1. The number of nitrogens with one attached hydrogen (secondary N) is 2. The molecule has 0 unspecified atom stereocenters. The summed E-state index contributed by atoms with van der Waals surface area (Å²) in [5, 5.41) is 14.9. The van der Waals surface area contributed by atoms with Gasteiger partial charge in [0.1, 0.15) is 5.01 Å². The lowest BCUT2D eigenvalue weighted by atomic mass is 10.1. The lowest BCUT2D eigenvalue weighted by Crippen LogP contribution is -2.24. The fourth-order valence-electron chi connectivity index (χ4n) is 1.81. The van der Waals surface area contributed by atoms with Gasteiger partial charge in [-0.25, -0.2) is 0 Å². The van der Waals surface area contributed by atoms with Crippen molar-refractivity contribution in [2.24, 2.45) is 0 Å². The van der Waals surface area contributed by atoms with Gasteiger partial charge in [-0.2, -0.15) is 0 Å². The molecule has 20 heavy (non-hydrogen) atoms. The number of aryl methyl sites for hydroxylation is 2. The van der Waals surface area contributed by atoms with Crippen LogP contribution in [-0.2, 0) is 4.79 Å². The van der Waals surface area contributed by atoms with Crippen LogP contribution in [0.2, 0.25) is 0 Å². The Kier molecular flexibility index (Phi) is 6.06. The molecule has 2 N–H and O–H groups in total. The fraction of sp³-hybridized carbons (Fsp3) is 0.308.